The molecule has 114 valence electrons. The van der Waals surface area contributed by atoms with Crippen LogP contribution in [0, 0.1) is 0 Å². The quantitative estimate of drug-likeness (QED) is 0.815. The molecule has 0 amide bonds. The van der Waals surface area contributed by atoms with Gasteiger partial charge in [-0.3, -0.25) is 0 Å². The van der Waals surface area contributed by atoms with Crippen molar-refractivity contribution in [3.8, 4) is 0 Å². The minimum Gasteiger partial charge on any atom is -0.354 e. The molecule has 1 aromatic carbocycles. The highest BCUT2D eigenvalue weighted by molar-refractivity contribution is 5.27. The van der Waals surface area contributed by atoms with E-state index in [1.807, 2.05) is 6.92 Å². The molecule has 0 aromatic heterocycles. The Morgan fingerprint density at radius 1 is 1.10 bits per heavy atom. The number of ether oxygens (including phenoxy) is 2. The lowest BCUT2D eigenvalue weighted by Gasteiger charge is -2.26. The molecule has 0 aliphatic rings. The van der Waals surface area contributed by atoms with E-state index in [4.69, 9.17) is 9.47 Å². The van der Waals surface area contributed by atoms with Gasteiger partial charge in [-0.05, 0) is 31.5 Å². The molecule has 1 rings (SSSR count). The van der Waals surface area contributed by atoms with Crippen LogP contribution in [0.4, 0.5) is 13.2 Å². The van der Waals surface area contributed by atoms with Gasteiger partial charge >= 0.3 is 6.18 Å². The zero-order chi connectivity index (χ0) is 15.3. The fraction of sp³-hybridized carbons (Fsp3) is 0.571. The number of nitrogens with one attached hydrogen (secondary N) is 1. The third-order valence-corrected chi connectivity index (χ3v) is 3.10. The first-order valence-electron chi connectivity index (χ1n) is 6.28. The molecule has 0 saturated heterocycles. The summed E-state index contributed by atoms with van der Waals surface area (Å²) in [6.45, 7) is 3.65. The van der Waals surface area contributed by atoms with Gasteiger partial charge < -0.3 is 14.8 Å². The summed E-state index contributed by atoms with van der Waals surface area (Å²) in [6.07, 6.45) is -4.79. The van der Waals surface area contributed by atoms with Crippen LogP contribution in [0.15, 0.2) is 24.3 Å². The lowest BCUT2D eigenvalue weighted by molar-refractivity contribution is -0.137. The van der Waals surface area contributed by atoms with E-state index in [1.54, 1.807) is 13.0 Å². The van der Waals surface area contributed by atoms with Crippen LogP contribution in [0.2, 0.25) is 0 Å². The summed E-state index contributed by atoms with van der Waals surface area (Å²) in [5.74, 6) is 0. The van der Waals surface area contributed by atoms with Gasteiger partial charge in [0.1, 0.15) is 0 Å². The van der Waals surface area contributed by atoms with Crippen molar-refractivity contribution in [2.24, 2.45) is 0 Å². The zero-order valence-electron chi connectivity index (χ0n) is 12.0. The molecule has 0 fully saturated rings. The summed E-state index contributed by atoms with van der Waals surface area (Å²) in [7, 11) is 3.03. The van der Waals surface area contributed by atoms with Gasteiger partial charge in [-0.1, -0.05) is 12.1 Å². The van der Waals surface area contributed by atoms with Gasteiger partial charge in [0.25, 0.3) is 0 Å². The number of hydrogen-bond acceptors (Lipinski definition) is 3. The topological polar surface area (TPSA) is 30.5 Å². The predicted molar refractivity (Wildman–Crippen MR) is 70.3 cm³/mol. The summed E-state index contributed by atoms with van der Waals surface area (Å²) < 4.78 is 48.2. The standard InChI is InChI=1S/C14H20F3NO2/c1-9(18-10(2)13(19-3)20-4)11-6-5-7-12(8-11)14(15,16)17/h5-10,13,18H,1-4H3. The summed E-state index contributed by atoms with van der Waals surface area (Å²) in [6, 6.07) is 4.88. The Morgan fingerprint density at radius 2 is 1.70 bits per heavy atom. The fourth-order valence-electron chi connectivity index (χ4n) is 2.06. The molecular formula is C14H20F3NO2. The maximum atomic E-state index is 12.7. The van der Waals surface area contributed by atoms with E-state index < -0.39 is 18.0 Å². The Kier molecular flexibility index (Phi) is 5.98. The van der Waals surface area contributed by atoms with E-state index in [2.05, 4.69) is 5.32 Å². The van der Waals surface area contributed by atoms with Crippen molar-refractivity contribution in [1.29, 1.82) is 0 Å². The Balaban J connectivity index is 2.80. The molecule has 0 radical (unpaired) electrons. The van der Waals surface area contributed by atoms with Crippen molar-refractivity contribution < 1.29 is 22.6 Å². The minimum absolute atomic E-state index is 0.158. The first-order chi connectivity index (χ1) is 9.29. The fourth-order valence-corrected chi connectivity index (χ4v) is 2.06. The molecule has 0 bridgehead atoms. The second kappa shape index (κ2) is 7.06. The SMILES string of the molecule is COC(OC)C(C)NC(C)c1cccc(C(F)(F)F)c1. The highest BCUT2D eigenvalue weighted by atomic mass is 19.4. The Labute approximate surface area is 117 Å². The molecule has 0 aliphatic heterocycles. The first-order valence-corrected chi connectivity index (χ1v) is 6.28. The number of methoxy groups -OCH3 is 2. The van der Waals surface area contributed by atoms with Crippen LogP contribution < -0.4 is 5.32 Å². The summed E-state index contributed by atoms with van der Waals surface area (Å²) in [4.78, 5) is 0. The van der Waals surface area contributed by atoms with E-state index in [0.717, 1.165) is 12.1 Å². The Hall–Kier alpha value is -1.11. The summed E-state index contributed by atoms with van der Waals surface area (Å²) in [5.41, 5.74) is -0.0797. The third kappa shape index (κ3) is 4.47. The molecule has 0 saturated carbocycles. The number of rotatable bonds is 6. The maximum absolute atomic E-state index is 12.7. The van der Waals surface area contributed by atoms with E-state index in [9.17, 15) is 13.2 Å². The number of alkyl halides is 3. The number of benzene rings is 1. The average molecular weight is 291 g/mol. The molecule has 0 aliphatic carbocycles. The normalized spacial score (nSPS) is 15.4. The van der Waals surface area contributed by atoms with Crippen LogP contribution >= 0.6 is 0 Å². The molecule has 3 nitrogen and oxygen atoms in total. The lowest BCUT2D eigenvalue weighted by Crippen LogP contribution is -2.40. The molecule has 1 aromatic rings. The van der Waals surface area contributed by atoms with Crippen molar-refractivity contribution in [1.82, 2.24) is 5.32 Å². The van der Waals surface area contributed by atoms with Gasteiger partial charge in [0.15, 0.2) is 6.29 Å². The average Bonchev–Trinajstić information content (AvgIpc) is 2.39. The monoisotopic (exact) mass is 291 g/mol. The van der Waals surface area contributed by atoms with E-state index >= 15 is 0 Å². The van der Waals surface area contributed by atoms with Crippen LogP contribution in [0.3, 0.4) is 0 Å². The minimum atomic E-state index is -4.33. The molecule has 2 atom stereocenters. The zero-order valence-corrected chi connectivity index (χ0v) is 12.0. The van der Waals surface area contributed by atoms with Crippen molar-refractivity contribution in [2.75, 3.05) is 14.2 Å². The lowest BCUT2D eigenvalue weighted by atomic mass is 10.0. The summed E-state index contributed by atoms with van der Waals surface area (Å²) >= 11 is 0. The largest absolute Gasteiger partial charge is 0.416 e. The van der Waals surface area contributed by atoms with E-state index in [-0.39, 0.29) is 12.1 Å². The molecule has 1 N–H and O–H groups in total. The first kappa shape index (κ1) is 16.9. The molecule has 0 spiro atoms. The van der Waals surface area contributed by atoms with Crippen LogP contribution in [0.25, 0.3) is 0 Å². The molecule has 20 heavy (non-hydrogen) atoms. The van der Waals surface area contributed by atoms with Gasteiger partial charge in [0.05, 0.1) is 11.6 Å². The van der Waals surface area contributed by atoms with Crippen molar-refractivity contribution in [2.45, 2.75) is 38.4 Å². The van der Waals surface area contributed by atoms with Crippen LogP contribution in [0.5, 0.6) is 0 Å². The van der Waals surface area contributed by atoms with Crippen molar-refractivity contribution >= 4 is 0 Å². The van der Waals surface area contributed by atoms with Gasteiger partial charge in [-0.15, -0.1) is 0 Å². The molecule has 2 unspecified atom stereocenters. The van der Waals surface area contributed by atoms with Crippen LogP contribution in [-0.4, -0.2) is 26.6 Å². The van der Waals surface area contributed by atoms with Crippen molar-refractivity contribution in [3.05, 3.63) is 35.4 Å². The second-order valence-electron chi connectivity index (χ2n) is 4.64. The van der Waals surface area contributed by atoms with Crippen molar-refractivity contribution in [3.63, 3.8) is 0 Å². The molecule has 6 heteroatoms. The Bertz CT molecular complexity index is 419. The Morgan fingerprint density at radius 3 is 2.20 bits per heavy atom. The molecular weight excluding hydrogens is 271 g/mol. The van der Waals surface area contributed by atoms with Gasteiger partial charge in [-0.2, -0.15) is 13.2 Å². The highest BCUT2D eigenvalue weighted by Gasteiger charge is 2.30. The van der Waals surface area contributed by atoms with Gasteiger partial charge in [0, 0.05) is 20.3 Å². The maximum Gasteiger partial charge on any atom is 0.416 e. The number of hydrogen-bond donors (Lipinski definition) is 1. The van der Waals surface area contributed by atoms with E-state index in [1.165, 1.54) is 20.3 Å². The van der Waals surface area contributed by atoms with Crippen LogP contribution in [0.1, 0.15) is 31.0 Å². The highest BCUT2D eigenvalue weighted by Crippen LogP contribution is 2.30. The van der Waals surface area contributed by atoms with Gasteiger partial charge in [-0.25, -0.2) is 0 Å². The number of halogens is 3. The smallest absolute Gasteiger partial charge is 0.354 e. The second-order valence-corrected chi connectivity index (χ2v) is 4.64. The van der Waals surface area contributed by atoms with Crippen LogP contribution in [-0.2, 0) is 15.7 Å². The molecule has 0 heterocycles. The van der Waals surface area contributed by atoms with Gasteiger partial charge in [0.2, 0.25) is 0 Å². The summed E-state index contributed by atoms with van der Waals surface area (Å²) in [5, 5.41) is 3.16. The predicted octanol–water partition coefficient (Wildman–Crippen LogP) is 3.36. The van der Waals surface area contributed by atoms with E-state index in [0.29, 0.717) is 5.56 Å². The third-order valence-electron chi connectivity index (χ3n) is 3.10.